The van der Waals surface area contributed by atoms with E-state index in [0.717, 1.165) is 22.4 Å². The summed E-state index contributed by atoms with van der Waals surface area (Å²) in [7, 11) is 1.46. The molecule has 3 N–H and O–H groups in total. The fraction of sp³-hybridized carbons (Fsp3) is 0.250. The SMILES string of the molecule is CNC(=O)c1cc(C(=O)O)cc(Cc2cncc3c2CCN3C(O)OCc2ccccc2)n1. The lowest BCUT2D eigenvalue weighted by Crippen LogP contribution is -2.35. The van der Waals surface area contributed by atoms with Crippen LogP contribution in [0.2, 0.25) is 0 Å². The monoisotopic (exact) mass is 448 g/mol. The number of aromatic carboxylic acids is 1. The molecular weight excluding hydrogens is 424 g/mol. The molecule has 0 aliphatic carbocycles. The third-order valence-electron chi connectivity index (χ3n) is 5.50. The van der Waals surface area contributed by atoms with Gasteiger partial charge in [-0.25, -0.2) is 9.78 Å². The molecule has 3 heterocycles. The van der Waals surface area contributed by atoms with Gasteiger partial charge >= 0.3 is 5.97 Å². The summed E-state index contributed by atoms with van der Waals surface area (Å²) >= 11 is 0. The number of fused-ring (bicyclic) bond motifs is 1. The molecule has 0 saturated carbocycles. The Balaban J connectivity index is 1.55. The smallest absolute Gasteiger partial charge is 0.335 e. The van der Waals surface area contributed by atoms with Crippen LogP contribution in [0.3, 0.4) is 0 Å². The molecule has 3 aromatic rings. The van der Waals surface area contributed by atoms with Crippen LogP contribution >= 0.6 is 0 Å². The molecule has 0 spiro atoms. The van der Waals surface area contributed by atoms with E-state index in [1.807, 2.05) is 30.3 Å². The molecular formula is C24H24N4O5. The maximum atomic E-state index is 12.0. The lowest BCUT2D eigenvalue weighted by atomic mass is 10.0. The predicted octanol–water partition coefficient (Wildman–Crippen LogP) is 1.98. The Labute approximate surface area is 190 Å². The minimum absolute atomic E-state index is 0.00880. The number of aliphatic hydroxyl groups is 1. The third kappa shape index (κ3) is 5.00. The lowest BCUT2D eigenvalue weighted by Gasteiger charge is -2.25. The zero-order valence-corrected chi connectivity index (χ0v) is 18.1. The van der Waals surface area contributed by atoms with Crippen molar-refractivity contribution in [2.75, 3.05) is 18.5 Å². The van der Waals surface area contributed by atoms with Gasteiger partial charge < -0.3 is 25.2 Å². The molecule has 1 aliphatic heterocycles. The summed E-state index contributed by atoms with van der Waals surface area (Å²) in [6, 6.07) is 12.3. The first-order chi connectivity index (χ1) is 16.0. The highest BCUT2D eigenvalue weighted by molar-refractivity contribution is 5.95. The fourth-order valence-corrected chi connectivity index (χ4v) is 3.87. The molecule has 1 atom stereocenters. The second-order valence-corrected chi connectivity index (χ2v) is 7.66. The van der Waals surface area contributed by atoms with Gasteiger partial charge in [0.05, 0.1) is 24.1 Å². The molecule has 9 heteroatoms. The van der Waals surface area contributed by atoms with Gasteiger partial charge in [-0.3, -0.25) is 9.78 Å². The van der Waals surface area contributed by atoms with E-state index < -0.39 is 18.3 Å². The summed E-state index contributed by atoms with van der Waals surface area (Å²) < 4.78 is 5.66. The molecule has 1 aliphatic rings. The summed E-state index contributed by atoms with van der Waals surface area (Å²) in [5.41, 5.74) is 4.03. The summed E-state index contributed by atoms with van der Waals surface area (Å²) in [6.45, 7) is 0.825. The number of hydrogen-bond donors (Lipinski definition) is 3. The number of nitrogens with zero attached hydrogens (tertiary/aromatic N) is 3. The highest BCUT2D eigenvalue weighted by atomic mass is 16.6. The number of ether oxygens (including phenoxy) is 1. The quantitative estimate of drug-likeness (QED) is 0.447. The molecule has 0 bridgehead atoms. The number of benzene rings is 1. The summed E-state index contributed by atoms with van der Waals surface area (Å²) in [4.78, 5) is 33.9. The van der Waals surface area contributed by atoms with E-state index in [9.17, 15) is 19.8 Å². The van der Waals surface area contributed by atoms with E-state index in [2.05, 4.69) is 15.3 Å². The molecule has 0 radical (unpaired) electrons. The lowest BCUT2D eigenvalue weighted by molar-refractivity contribution is -0.107. The number of carbonyl (C=O) groups excluding carboxylic acids is 1. The van der Waals surface area contributed by atoms with Crippen molar-refractivity contribution in [2.45, 2.75) is 25.9 Å². The van der Waals surface area contributed by atoms with Gasteiger partial charge in [0.1, 0.15) is 5.69 Å². The first-order valence-electron chi connectivity index (χ1n) is 10.5. The number of aliphatic hydroxyl groups excluding tert-OH is 1. The summed E-state index contributed by atoms with van der Waals surface area (Å²) in [5, 5.41) is 22.5. The molecule has 1 aromatic carbocycles. The highest BCUT2D eigenvalue weighted by Crippen LogP contribution is 2.32. The number of hydrogen-bond acceptors (Lipinski definition) is 7. The van der Waals surface area contributed by atoms with E-state index in [4.69, 9.17) is 4.74 Å². The first-order valence-corrected chi connectivity index (χ1v) is 10.5. The number of pyridine rings is 2. The second-order valence-electron chi connectivity index (χ2n) is 7.66. The minimum Gasteiger partial charge on any atom is -0.478 e. The van der Waals surface area contributed by atoms with E-state index in [0.29, 0.717) is 25.1 Å². The number of carboxylic acid groups (broad SMARTS) is 1. The zero-order valence-electron chi connectivity index (χ0n) is 18.1. The molecule has 4 rings (SSSR count). The number of carbonyl (C=O) groups is 2. The van der Waals surface area contributed by atoms with Crippen LogP contribution in [0.4, 0.5) is 5.69 Å². The summed E-state index contributed by atoms with van der Waals surface area (Å²) in [6.07, 6.45) is 3.22. The van der Waals surface area contributed by atoms with Crippen molar-refractivity contribution in [2.24, 2.45) is 0 Å². The average molecular weight is 448 g/mol. The van der Waals surface area contributed by atoms with E-state index >= 15 is 0 Å². The van der Waals surface area contributed by atoms with Crippen molar-refractivity contribution in [3.05, 3.63) is 88.5 Å². The van der Waals surface area contributed by atoms with Gasteiger partial charge in [-0.2, -0.15) is 0 Å². The van der Waals surface area contributed by atoms with Gasteiger partial charge in [0.2, 0.25) is 6.41 Å². The van der Waals surface area contributed by atoms with Crippen LogP contribution in [0, 0.1) is 0 Å². The predicted molar refractivity (Wildman–Crippen MR) is 120 cm³/mol. The first kappa shape index (κ1) is 22.4. The Morgan fingerprint density at radius 3 is 2.73 bits per heavy atom. The van der Waals surface area contributed by atoms with E-state index in [-0.39, 0.29) is 17.9 Å². The van der Waals surface area contributed by atoms with Crippen molar-refractivity contribution in [1.82, 2.24) is 15.3 Å². The number of nitrogens with one attached hydrogen (secondary N) is 1. The molecule has 9 nitrogen and oxygen atoms in total. The van der Waals surface area contributed by atoms with Crippen LogP contribution < -0.4 is 10.2 Å². The van der Waals surface area contributed by atoms with Crippen molar-refractivity contribution in [1.29, 1.82) is 0 Å². The van der Waals surface area contributed by atoms with Gasteiger partial charge in [0.25, 0.3) is 5.91 Å². The van der Waals surface area contributed by atoms with Crippen LogP contribution in [0.15, 0.2) is 54.9 Å². The average Bonchev–Trinajstić information content (AvgIpc) is 3.28. The van der Waals surface area contributed by atoms with Crippen molar-refractivity contribution in [3.8, 4) is 0 Å². The minimum atomic E-state index is -1.13. The van der Waals surface area contributed by atoms with E-state index in [1.165, 1.54) is 19.2 Å². The fourth-order valence-electron chi connectivity index (χ4n) is 3.87. The Kier molecular flexibility index (Phi) is 6.62. The van der Waals surface area contributed by atoms with Crippen molar-refractivity contribution in [3.63, 3.8) is 0 Å². The van der Waals surface area contributed by atoms with Crippen LogP contribution in [0.5, 0.6) is 0 Å². The molecule has 33 heavy (non-hydrogen) atoms. The Bertz CT molecular complexity index is 1170. The third-order valence-corrected chi connectivity index (χ3v) is 5.50. The number of amides is 1. The topological polar surface area (TPSA) is 125 Å². The summed E-state index contributed by atoms with van der Waals surface area (Å²) in [5.74, 6) is -1.59. The molecule has 0 fully saturated rings. The largest absolute Gasteiger partial charge is 0.478 e. The van der Waals surface area contributed by atoms with Gasteiger partial charge in [0, 0.05) is 31.9 Å². The normalized spacial score (nSPS) is 13.5. The van der Waals surface area contributed by atoms with Crippen LogP contribution in [-0.4, -0.2) is 52.1 Å². The molecule has 1 unspecified atom stereocenters. The Morgan fingerprint density at radius 1 is 1.21 bits per heavy atom. The zero-order chi connectivity index (χ0) is 23.4. The van der Waals surface area contributed by atoms with Gasteiger partial charge in [0.15, 0.2) is 0 Å². The second kappa shape index (κ2) is 9.76. The Hall–Kier alpha value is -3.82. The molecule has 170 valence electrons. The van der Waals surface area contributed by atoms with E-state index in [1.54, 1.807) is 17.3 Å². The molecule has 2 aromatic heterocycles. The number of rotatable bonds is 8. The van der Waals surface area contributed by atoms with Gasteiger partial charge in [-0.1, -0.05) is 30.3 Å². The Morgan fingerprint density at radius 2 is 2.00 bits per heavy atom. The number of aromatic nitrogens is 2. The van der Waals surface area contributed by atoms with Crippen LogP contribution in [0.25, 0.3) is 0 Å². The maximum absolute atomic E-state index is 12.0. The van der Waals surface area contributed by atoms with Gasteiger partial charge in [-0.05, 0) is 35.2 Å². The molecule has 0 saturated heterocycles. The van der Waals surface area contributed by atoms with Crippen molar-refractivity contribution < 1.29 is 24.5 Å². The number of carboxylic acids is 1. The standard InChI is InChI=1S/C24H24N4O5/c1-25-22(29)20-11-16(23(30)31)9-18(27-20)10-17-12-26-13-21-19(17)7-8-28(21)24(32)33-14-15-5-3-2-4-6-15/h2-6,9,11-13,24,32H,7-8,10,14H2,1H3,(H,25,29)(H,30,31). The number of anilines is 1. The highest BCUT2D eigenvalue weighted by Gasteiger charge is 2.28. The van der Waals surface area contributed by atoms with Gasteiger partial charge in [-0.15, -0.1) is 0 Å². The van der Waals surface area contributed by atoms with Crippen LogP contribution in [-0.2, 0) is 24.2 Å². The molecule has 1 amide bonds. The maximum Gasteiger partial charge on any atom is 0.335 e. The van der Waals surface area contributed by atoms with Crippen LogP contribution in [0.1, 0.15) is 43.2 Å². The van der Waals surface area contributed by atoms with Crippen molar-refractivity contribution >= 4 is 17.6 Å².